The molecule has 0 aliphatic heterocycles. The molecule has 0 bridgehead atoms. The van der Waals surface area contributed by atoms with Crippen molar-refractivity contribution in [2.45, 2.75) is 47.5 Å². The second-order valence-electron chi connectivity index (χ2n) is 3.92. The molecule has 0 N–H and O–H groups in total. The number of rotatable bonds is 3. The standard InChI is InChI=1S/C12H18.C2H6/c1-10(2)7-8-12-6-4-5-11(3)9-12;1-2/h4-6,9-10H,7-8H2,1-3H3;1-2H3. The summed E-state index contributed by atoms with van der Waals surface area (Å²) in [6, 6.07) is 8.79. The van der Waals surface area contributed by atoms with E-state index in [4.69, 9.17) is 0 Å². The monoisotopic (exact) mass is 192 g/mol. The smallest absolute Gasteiger partial charge is 0.0276 e. The van der Waals surface area contributed by atoms with Gasteiger partial charge < -0.3 is 0 Å². The third kappa shape index (κ3) is 5.80. The number of aryl methyl sites for hydroxylation is 2. The highest BCUT2D eigenvalue weighted by Gasteiger charge is 1.96. The predicted octanol–water partition coefficient (Wildman–Crippen LogP) is 4.61. The SMILES string of the molecule is CC.Cc1cccc(CCC(C)C)c1. The molecular weight excluding hydrogens is 168 g/mol. The predicted molar refractivity (Wildman–Crippen MR) is 65.7 cm³/mol. The molecule has 0 aromatic heterocycles. The molecule has 80 valence electrons. The molecule has 0 saturated carbocycles. The van der Waals surface area contributed by atoms with Crippen molar-refractivity contribution >= 4 is 0 Å². The Hall–Kier alpha value is -0.780. The summed E-state index contributed by atoms with van der Waals surface area (Å²) < 4.78 is 0. The maximum absolute atomic E-state index is 2.28. The average Bonchev–Trinajstić information content (AvgIpc) is 2.18. The van der Waals surface area contributed by atoms with Crippen LogP contribution in [0.1, 0.15) is 45.2 Å². The molecule has 0 atom stereocenters. The van der Waals surface area contributed by atoms with Gasteiger partial charge in [-0.15, -0.1) is 0 Å². The van der Waals surface area contributed by atoms with Gasteiger partial charge in [0.15, 0.2) is 0 Å². The summed E-state index contributed by atoms with van der Waals surface area (Å²) in [4.78, 5) is 0. The van der Waals surface area contributed by atoms with E-state index >= 15 is 0 Å². The second kappa shape index (κ2) is 7.61. The zero-order chi connectivity index (χ0) is 11.0. The van der Waals surface area contributed by atoms with E-state index in [-0.39, 0.29) is 0 Å². The number of hydrogen-bond donors (Lipinski definition) is 0. The molecule has 0 spiro atoms. The fourth-order valence-corrected chi connectivity index (χ4v) is 1.32. The lowest BCUT2D eigenvalue weighted by molar-refractivity contribution is 0.586. The van der Waals surface area contributed by atoms with Gasteiger partial charge in [-0.1, -0.05) is 57.5 Å². The van der Waals surface area contributed by atoms with E-state index in [2.05, 4.69) is 45.0 Å². The summed E-state index contributed by atoms with van der Waals surface area (Å²) in [5, 5.41) is 0. The van der Waals surface area contributed by atoms with Crippen LogP contribution in [0.25, 0.3) is 0 Å². The Balaban J connectivity index is 0.000000791. The Morgan fingerprint density at radius 1 is 1.14 bits per heavy atom. The summed E-state index contributed by atoms with van der Waals surface area (Å²) in [6.45, 7) is 10.7. The van der Waals surface area contributed by atoms with Crippen molar-refractivity contribution in [3.05, 3.63) is 35.4 Å². The normalized spacial score (nSPS) is 9.57. The quantitative estimate of drug-likeness (QED) is 0.656. The van der Waals surface area contributed by atoms with Gasteiger partial charge in [0, 0.05) is 0 Å². The van der Waals surface area contributed by atoms with Gasteiger partial charge in [-0.3, -0.25) is 0 Å². The molecule has 0 saturated heterocycles. The highest BCUT2D eigenvalue weighted by Crippen LogP contribution is 2.10. The van der Waals surface area contributed by atoms with Gasteiger partial charge in [0.05, 0.1) is 0 Å². The Morgan fingerprint density at radius 2 is 1.79 bits per heavy atom. The lowest BCUT2D eigenvalue weighted by atomic mass is 10.0. The van der Waals surface area contributed by atoms with Crippen molar-refractivity contribution in [1.82, 2.24) is 0 Å². The van der Waals surface area contributed by atoms with Gasteiger partial charge in [-0.05, 0) is 31.2 Å². The first-order chi connectivity index (χ1) is 6.68. The number of benzene rings is 1. The molecule has 1 aromatic rings. The van der Waals surface area contributed by atoms with E-state index in [1.807, 2.05) is 13.8 Å². The first-order valence-electron chi connectivity index (χ1n) is 5.74. The molecule has 14 heavy (non-hydrogen) atoms. The maximum Gasteiger partial charge on any atom is -0.0276 e. The Bertz CT molecular complexity index is 236. The van der Waals surface area contributed by atoms with Crippen LogP contribution in [0.5, 0.6) is 0 Å². The van der Waals surface area contributed by atoms with Gasteiger partial charge in [-0.25, -0.2) is 0 Å². The van der Waals surface area contributed by atoms with E-state index < -0.39 is 0 Å². The Morgan fingerprint density at radius 3 is 2.29 bits per heavy atom. The van der Waals surface area contributed by atoms with E-state index in [9.17, 15) is 0 Å². The fraction of sp³-hybridized carbons (Fsp3) is 0.571. The van der Waals surface area contributed by atoms with Crippen molar-refractivity contribution in [3.63, 3.8) is 0 Å². The lowest BCUT2D eigenvalue weighted by Gasteiger charge is -2.04. The van der Waals surface area contributed by atoms with Crippen LogP contribution < -0.4 is 0 Å². The van der Waals surface area contributed by atoms with Crippen LogP contribution in [0, 0.1) is 12.8 Å². The van der Waals surface area contributed by atoms with E-state index in [0.717, 1.165) is 5.92 Å². The van der Waals surface area contributed by atoms with Crippen molar-refractivity contribution < 1.29 is 0 Å². The van der Waals surface area contributed by atoms with Crippen molar-refractivity contribution in [2.75, 3.05) is 0 Å². The topological polar surface area (TPSA) is 0 Å². The zero-order valence-electron chi connectivity index (χ0n) is 10.3. The molecule has 1 rings (SSSR count). The van der Waals surface area contributed by atoms with E-state index in [1.54, 1.807) is 0 Å². The van der Waals surface area contributed by atoms with Gasteiger partial charge in [-0.2, -0.15) is 0 Å². The molecule has 0 fully saturated rings. The Labute approximate surface area is 89.4 Å². The largest absolute Gasteiger partial charge is 0.0683 e. The van der Waals surface area contributed by atoms with Crippen molar-refractivity contribution in [1.29, 1.82) is 0 Å². The van der Waals surface area contributed by atoms with Gasteiger partial charge in [0.1, 0.15) is 0 Å². The van der Waals surface area contributed by atoms with E-state index in [0.29, 0.717) is 0 Å². The van der Waals surface area contributed by atoms with Gasteiger partial charge in [0.2, 0.25) is 0 Å². The van der Waals surface area contributed by atoms with Crippen molar-refractivity contribution in [3.8, 4) is 0 Å². The molecule has 0 aliphatic rings. The first kappa shape index (κ1) is 13.2. The molecule has 1 aromatic carbocycles. The first-order valence-corrected chi connectivity index (χ1v) is 5.74. The summed E-state index contributed by atoms with van der Waals surface area (Å²) in [6.07, 6.45) is 2.52. The average molecular weight is 192 g/mol. The molecule has 0 heterocycles. The minimum atomic E-state index is 0.811. The number of hydrogen-bond acceptors (Lipinski definition) is 0. The van der Waals surface area contributed by atoms with Gasteiger partial charge >= 0.3 is 0 Å². The lowest BCUT2D eigenvalue weighted by Crippen LogP contribution is -1.92. The zero-order valence-corrected chi connectivity index (χ0v) is 10.3. The highest BCUT2D eigenvalue weighted by atomic mass is 14.0. The van der Waals surface area contributed by atoms with Gasteiger partial charge in [0.25, 0.3) is 0 Å². The third-order valence-corrected chi connectivity index (χ3v) is 2.09. The van der Waals surface area contributed by atoms with Crippen LogP contribution in [-0.4, -0.2) is 0 Å². The minimum Gasteiger partial charge on any atom is -0.0683 e. The third-order valence-electron chi connectivity index (χ3n) is 2.09. The van der Waals surface area contributed by atoms with E-state index in [1.165, 1.54) is 24.0 Å². The molecule has 0 radical (unpaired) electrons. The molecule has 0 nitrogen and oxygen atoms in total. The summed E-state index contributed by atoms with van der Waals surface area (Å²) in [5.74, 6) is 0.811. The molecular formula is C14H24. The van der Waals surface area contributed by atoms with Crippen LogP contribution >= 0.6 is 0 Å². The summed E-state index contributed by atoms with van der Waals surface area (Å²) >= 11 is 0. The van der Waals surface area contributed by atoms with Crippen molar-refractivity contribution in [2.24, 2.45) is 5.92 Å². The molecule has 0 amide bonds. The highest BCUT2D eigenvalue weighted by molar-refractivity contribution is 5.22. The maximum atomic E-state index is 2.28. The molecule has 0 heteroatoms. The minimum absolute atomic E-state index is 0.811. The summed E-state index contributed by atoms with van der Waals surface area (Å²) in [7, 11) is 0. The second-order valence-corrected chi connectivity index (χ2v) is 3.92. The Kier molecular flexibility index (Phi) is 7.18. The van der Waals surface area contributed by atoms with Crippen LogP contribution in [0.2, 0.25) is 0 Å². The molecule has 0 unspecified atom stereocenters. The van der Waals surface area contributed by atoms with Crippen LogP contribution in [0.15, 0.2) is 24.3 Å². The fourth-order valence-electron chi connectivity index (χ4n) is 1.32. The van der Waals surface area contributed by atoms with Crippen LogP contribution in [0.3, 0.4) is 0 Å². The summed E-state index contributed by atoms with van der Waals surface area (Å²) in [5.41, 5.74) is 2.85. The molecule has 0 aliphatic carbocycles. The van der Waals surface area contributed by atoms with Crippen LogP contribution in [-0.2, 0) is 6.42 Å². The van der Waals surface area contributed by atoms with Crippen LogP contribution in [0.4, 0.5) is 0 Å².